The number of hydrogen-bond donors (Lipinski definition) is 3. The quantitative estimate of drug-likeness (QED) is 0.0970. The van der Waals surface area contributed by atoms with Crippen molar-refractivity contribution in [3.63, 3.8) is 0 Å². The van der Waals surface area contributed by atoms with Crippen molar-refractivity contribution >= 4 is 56.4 Å². The van der Waals surface area contributed by atoms with Crippen LogP contribution in [0.25, 0.3) is 0 Å². The Morgan fingerprint density at radius 1 is 0.833 bits per heavy atom. The summed E-state index contributed by atoms with van der Waals surface area (Å²) in [6, 6.07) is 22.3. The van der Waals surface area contributed by atoms with Gasteiger partial charge >= 0.3 is 11.9 Å². The summed E-state index contributed by atoms with van der Waals surface area (Å²) in [7, 11) is -4.19. The van der Waals surface area contributed by atoms with Crippen molar-refractivity contribution < 1.29 is 37.8 Å². The van der Waals surface area contributed by atoms with Crippen molar-refractivity contribution in [3.8, 4) is 0 Å². The van der Waals surface area contributed by atoms with E-state index in [4.69, 9.17) is 5.11 Å². The van der Waals surface area contributed by atoms with Crippen molar-refractivity contribution in [1.82, 2.24) is 4.98 Å². The van der Waals surface area contributed by atoms with E-state index in [1.807, 2.05) is 36.4 Å². The fourth-order valence-corrected chi connectivity index (χ4v) is 9.70. The zero-order valence-electron chi connectivity index (χ0n) is 29.7. The van der Waals surface area contributed by atoms with Gasteiger partial charge in [0.2, 0.25) is 0 Å². The zero-order chi connectivity index (χ0) is 38.6. The molecule has 1 aliphatic rings. The Labute approximate surface area is 317 Å². The van der Waals surface area contributed by atoms with Gasteiger partial charge in [-0.05, 0) is 118 Å². The Morgan fingerprint density at radius 2 is 1.50 bits per heavy atom. The van der Waals surface area contributed by atoms with E-state index in [0.717, 1.165) is 64.4 Å². The van der Waals surface area contributed by atoms with Crippen molar-refractivity contribution in [1.29, 1.82) is 0 Å². The molecule has 3 aromatic carbocycles. The van der Waals surface area contributed by atoms with Gasteiger partial charge in [0.15, 0.2) is 5.78 Å². The Kier molecular flexibility index (Phi) is 11.4. The first-order valence-corrected chi connectivity index (χ1v) is 19.8. The molecule has 278 valence electrons. The number of aryl methyl sites for hydroxylation is 3. The lowest BCUT2D eigenvalue weighted by atomic mass is 9.93. The molecule has 1 amide bonds. The van der Waals surface area contributed by atoms with Crippen LogP contribution in [0.4, 0.5) is 11.4 Å². The van der Waals surface area contributed by atoms with E-state index in [9.17, 15) is 32.7 Å². The number of aromatic nitrogens is 1. The molecule has 0 saturated heterocycles. The van der Waals surface area contributed by atoms with Crippen LogP contribution in [0.3, 0.4) is 0 Å². The average Bonchev–Trinajstić information content (AvgIpc) is 3.52. The Balaban J connectivity index is 1.18. The molecule has 0 spiro atoms. The average molecular weight is 766 g/mol. The van der Waals surface area contributed by atoms with E-state index >= 15 is 0 Å². The molecule has 6 rings (SSSR count). The highest BCUT2D eigenvalue weighted by molar-refractivity contribution is 7.92. The Bertz CT molecular complexity index is 2320. The number of nitrogens with zero attached hydrogens (tertiary/aromatic N) is 2. The van der Waals surface area contributed by atoms with Crippen LogP contribution in [-0.4, -0.2) is 53.3 Å². The van der Waals surface area contributed by atoms with Crippen LogP contribution in [0.1, 0.15) is 94.7 Å². The van der Waals surface area contributed by atoms with Crippen LogP contribution in [0, 0.1) is 0 Å². The van der Waals surface area contributed by atoms with Gasteiger partial charge in [0.05, 0.1) is 27.9 Å². The highest BCUT2D eigenvalue weighted by Crippen LogP contribution is 2.36. The van der Waals surface area contributed by atoms with E-state index in [2.05, 4.69) is 10.3 Å². The van der Waals surface area contributed by atoms with Gasteiger partial charge in [-0.3, -0.25) is 13.9 Å². The van der Waals surface area contributed by atoms with Crippen molar-refractivity contribution in [3.05, 3.63) is 140 Å². The van der Waals surface area contributed by atoms with Crippen LogP contribution in [0.2, 0.25) is 0 Å². The molecule has 13 heteroatoms. The summed E-state index contributed by atoms with van der Waals surface area (Å²) in [4.78, 5) is 55.7. The van der Waals surface area contributed by atoms with E-state index < -0.39 is 28.0 Å². The van der Waals surface area contributed by atoms with E-state index in [-0.39, 0.29) is 45.5 Å². The molecule has 2 heterocycles. The molecule has 54 heavy (non-hydrogen) atoms. The lowest BCUT2D eigenvalue weighted by Gasteiger charge is -2.28. The summed E-state index contributed by atoms with van der Waals surface area (Å²) in [6.45, 7) is 3.37. The Hall–Kier alpha value is -5.66. The fourth-order valence-electron chi connectivity index (χ4n) is 6.61. The first-order chi connectivity index (χ1) is 25.8. The molecule has 5 aromatic rings. The molecule has 0 saturated carbocycles. The third-order valence-corrected chi connectivity index (χ3v) is 12.6. The van der Waals surface area contributed by atoms with Gasteiger partial charge < -0.3 is 15.5 Å². The number of thiophene rings is 1. The number of carboxylic acids is 2. The molecule has 0 unspecified atom stereocenters. The van der Waals surface area contributed by atoms with Gasteiger partial charge in [0.1, 0.15) is 5.69 Å². The minimum Gasteiger partial charge on any atom is -0.478 e. The SMILES string of the molecule is CC(C)N(c1ccc(C(=O)O)nc1)S(=O)(=O)c1cccc(C(=O)Cc2sc3c(c2C(=O)Nc2ccc(CCc4ccc(C(=O)O)cc4)cc2)CCCC3)c1. The molecule has 2 aromatic heterocycles. The number of amides is 1. The number of carboxylic acid groups (broad SMARTS) is 2. The minimum absolute atomic E-state index is 0.0786. The van der Waals surface area contributed by atoms with Gasteiger partial charge in [0, 0.05) is 33.5 Å². The summed E-state index contributed by atoms with van der Waals surface area (Å²) in [5, 5.41) is 21.4. The molecule has 0 fully saturated rings. The van der Waals surface area contributed by atoms with Crippen LogP contribution in [0.15, 0.2) is 96.0 Å². The maximum absolute atomic E-state index is 13.9. The number of sulfonamides is 1. The first-order valence-electron chi connectivity index (χ1n) is 17.5. The number of nitrogens with one attached hydrogen (secondary N) is 1. The second kappa shape index (κ2) is 16.1. The standard InChI is InChI=1S/C41H39N3O8S2/c1-25(2)44(31-20-21-34(41(49)50)42-24-31)54(51,52)32-7-5-6-29(22-32)35(45)23-37-38(33-8-3-4-9-36(33)53-37)39(46)43-30-18-14-27(15-19-30)11-10-26-12-16-28(17-13-26)40(47)48/h5-7,12-22,24-25H,3-4,8-11,23H2,1-2H3,(H,43,46)(H,47,48)(H,49,50). The van der Waals surface area contributed by atoms with Gasteiger partial charge in [-0.15, -0.1) is 11.3 Å². The molecule has 0 atom stereocenters. The van der Waals surface area contributed by atoms with E-state index in [1.54, 1.807) is 32.0 Å². The third kappa shape index (κ3) is 8.42. The third-order valence-electron chi connectivity index (χ3n) is 9.31. The summed E-state index contributed by atoms with van der Waals surface area (Å²) in [5.74, 6) is -2.82. The van der Waals surface area contributed by atoms with Gasteiger partial charge in [-0.2, -0.15) is 0 Å². The molecule has 1 aliphatic carbocycles. The lowest BCUT2D eigenvalue weighted by molar-refractivity contribution is 0.0682. The number of Topliss-reactive ketones (excluding diaryl/α,β-unsaturated/α-hetero) is 1. The number of benzene rings is 3. The van der Waals surface area contributed by atoms with Crippen LogP contribution < -0.4 is 9.62 Å². The summed E-state index contributed by atoms with van der Waals surface area (Å²) in [6.07, 6.45) is 6.07. The van der Waals surface area contributed by atoms with Gasteiger partial charge in [-0.25, -0.2) is 23.0 Å². The van der Waals surface area contributed by atoms with Crippen LogP contribution >= 0.6 is 11.3 Å². The number of fused-ring (bicyclic) bond motifs is 1. The molecule has 11 nitrogen and oxygen atoms in total. The van der Waals surface area contributed by atoms with Crippen LogP contribution in [0.5, 0.6) is 0 Å². The number of anilines is 2. The number of aromatic carboxylic acids is 2. The molecular weight excluding hydrogens is 727 g/mol. The van der Waals surface area contributed by atoms with Crippen molar-refractivity contribution in [2.24, 2.45) is 0 Å². The molecule has 3 N–H and O–H groups in total. The number of rotatable bonds is 14. The highest BCUT2D eigenvalue weighted by atomic mass is 32.2. The molecule has 0 radical (unpaired) electrons. The zero-order valence-corrected chi connectivity index (χ0v) is 31.4. The van der Waals surface area contributed by atoms with E-state index in [1.165, 1.54) is 47.9 Å². The highest BCUT2D eigenvalue weighted by Gasteiger charge is 2.30. The predicted molar refractivity (Wildman–Crippen MR) is 207 cm³/mol. The molecule has 0 bridgehead atoms. The largest absolute Gasteiger partial charge is 0.478 e. The number of pyridine rings is 1. The van der Waals surface area contributed by atoms with Crippen molar-refractivity contribution in [2.45, 2.75) is 69.7 Å². The van der Waals surface area contributed by atoms with Crippen molar-refractivity contribution in [2.75, 3.05) is 9.62 Å². The summed E-state index contributed by atoms with van der Waals surface area (Å²) in [5.41, 5.74) is 4.56. The maximum Gasteiger partial charge on any atom is 0.354 e. The summed E-state index contributed by atoms with van der Waals surface area (Å²) >= 11 is 1.46. The maximum atomic E-state index is 13.9. The fraction of sp³-hybridized carbons (Fsp3) is 0.244. The lowest BCUT2D eigenvalue weighted by Crippen LogP contribution is -2.37. The molecular formula is C41H39N3O8S2. The smallest absolute Gasteiger partial charge is 0.354 e. The van der Waals surface area contributed by atoms with Gasteiger partial charge in [0.25, 0.3) is 15.9 Å². The second-order valence-corrected chi connectivity index (χ2v) is 16.4. The Morgan fingerprint density at radius 3 is 2.11 bits per heavy atom. The number of carbonyl (C=O) groups excluding carboxylic acids is 2. The van der Waals surface area contributed by atoms with Gasteiger partial charge in [-0.1, -0.05) is 36.4 Å². The molecule has 0 aliphatic heterocycles. The predicted octanol–water partition coefficient (Wildman–Crippen LogP) is 7.48. The number of carbonyl (C=O) groups is 4. The minimum atomic E-state index is -4.19. The second-order valence-electron chi connectivity index (χ2n) is 13.4. The number of ketones is 1. The first kappa shape index (κ1) is 38.1. The topological polar surface area (TPSA) is 171 Å². The normalized spacial score (nSPS) is 12.6. The van der Waals surface area contributed by atoms with E-state index in [0.29, 0.717) is 16.1 Å². The number of hydrogen-bond acceptors (Lipinski definition) is 8. The summed E-state index contributed by atoms with van der Waals surface area (Å²) < 4.78 is 29.0. The van der Waals surface area contributed by atoms with Crippen LogP contribution in [-0.2, 0) is 42.1 Å². The monoisotopic (exact) mass is 765 g/mol.